The molecule has 0 aliphatic rings. The van der Waals surface area contributed by atoms with Crippen LogP contribution < -0.4 is 5.32 Å². The van der Waals surface area contributed by atoms with Gasteiger partial charge in [0.05, 0.1) is 17.4 Å². The van der Waals surface area contributed by atoms with Crippen molar-refractivity contribution in [1.29, 1.82) is 0 Å². The van der Waals surface area contributed by atoms with E-state index in [2.05, 4.69) is 17.3 Å². The summed E-state index contributed by atoms with van der Waals surface area (Å²) in [7, 11) is 0. The van der Waals surface area contributed by atoms with Gasteiger partial charge in [-0.2, -0.15) is 5.10 Å². The van der Waals surface area contributed by atoms with Crippen LogP contribution >= 0.6 is 11.6 Å². The zero-order chi connectivity index (χ0) is 16.2. The van der Waals surface area contributed by atoms with Gasteiger partial charge in [0.25, 0.3) is 5.91 Å². The van der Waals surface area contributed by atoms with Crippen molar-refractivity contribution in [2.24, 2.45) is 0 Å². The van der Waals surface area contributed by atoms with Crippen molar-refractivity contribution in [2.45, 2.75) is 13.3 Å². The molecule has 0 fully saturated rings. The Morgan fingerprint density at radius 3 is 2.74 bits per heavy atom. The molecule has 0 unspecified atom stereocenters. The molecular weight excluding hydrogens is 310 g/mol. The van der Waals surface area contributed by atoms with Gasteiger partial charge in [0.15, 0.2) is 0 Å². The van der Waals surface area contributed by atoms with Gasteiger partial charge in [-0.3, -0.25) is 4.79 Å². The van der Waals surface area contributed by atoms with E-state index in [-0.39, 0.29) is 5.91 Å². The molecule has 116 valence electrons. The molecule has 3 rings (SSSR count). The van der Waals surface area contributed by atoms with E-state index in [4.69, 9.17) is 11.6 Å². The fourth-order valence-corrected chi connectivity index (χ4v) is 2.37. The van der Waals surface area contributed by atoms with Crippen molar-refractivity contribution in [1.82, 2.24) is 9.78 Å². The normalized spacial score (nSPS) is 10.5. The first-order valence-electron chi connectivity index (χ1n) is 7.36. The standard InChI is InChI=1S/C18H16ClN3O/c1-2-13-4-3-5-16(10-13)21-18(23)14-11-20-22(12-14)17-8-6-15(19)7-9-17/h3-12H,2H2,1H3,(H,21,23). The van der Waals surface area contributed by atoms with Gasteiger partial charge in [-0.15, -0.1) is 0 Å². The van der Waals surface area contributed by atoms with E-state index in [1.54, 1.807) is 29.2 Å². The summed E-state index contributed by atoms with van der Waals surface area (Å²) in [6.07, 6.45) is 4.17. The summed E-state index contributed by atoms with van der Waals surface area (Å²) in [6, 6.07) is 15.1. The van der Waals surface area contributed by atoms with Crippen molar-refractivity contribution >= 4 is 23.2 Å². The van der Waals surface area contributed by atoms with Crippen molar-refractivity contribution in [3.8, 4) is 5.69 Å². The molecule has 0 aliphatic carbocycles. The molecule has 1 N–H and O–H groups in total. The highest BCUT2D eigenvalue weighted by atomic mass is 35.5. The number of aryl methyl sites for hydroxylation is 1. The molecule has 0 bridgehead atoms. The Labute approximate surface area is 139 Å². The first-order valence-corrected chi connectivity index (χ1v) is 7.74. The number of aromatic nitrogens is 2. The Kier molecular flexibility index (Phi) is 4.44. The minimum atomic E-state index is -0.182. The first kappa shape index (κ1) is 15.3. The zero-order valence-electron chi connectivity index (χ0n) is 12.7. The van der Waals surface area contributed by atoms with Gasteiger partial charge in [-0.1, -0.05) is 30.7 Å². The number of anilines is 1. The first-order chi connectivity index (χ1) is 11.2. The molecule has 23 heavy (non-hydrogen) atoms. The van der Waals surface area contributed by atoms with Crippen LogP contribution in [0.1, 0.15) is 22.8 Å². The second-order valence-corrected chi connectivity index (χ2v) is 5.59. The lowest BCUT2D eigenvalue weighted by molar-refractivity contribution is 0.102. The smallest absolute Gasteiger partial charge is 0.258 e. The number of nitrogens with one attached hydrogen (secondary N) is 1. The summed E-state index contributed by atoms with van der Waals surface area (Å²) in [5.74, 6) is -0.182. The molecule has 1 heterocycles. The topological polar surface area (TPSA) is 46.9 Å². The number of carbonyl (C=O) groups is 1. The summed E-state index contributed by atoms with van der Waals surface area (Å²) < 4.78 is 1.65. The molecule has 3 aromatic rings. The maximum Gasteiger partial charge on any atom is 0.258 e. The maximum atomic E-state index is 12.3. The van der Waals surface area contributed by atoms with Crippen LogP contribution in [0.15, 0.2) is 60.9 Å². The maximum absolute atomic E-state index is 12.3. The third-order valence-electron chi connectivity index (χ3n) is 3.53. The molecular formula is C18H16ClN3O. The molecule has 0 radical (unpaired) electrons. The van der Waals surface area contributed by atoms with Crippen LogP contribution in [0.3, 0.4) is 0 Å². The van der Waals surface area contributed by atoms with Crippen molar-refractivity contribution in [3.05, 3.63) is 77.1 Å². The molecule has 2 aromatic carbocycles. The minimum Gasteiger partial charge on any atom is -0.322 e. The van der Waals surface area contributed by atoms with E-state index in [1.807, 2.05) is 36.4 Å². The van der Waals surface area contributed by atoms with E-state index >= 15 is 0 Å². The molecule has 1 amide bonds. The number of hydrogen-bond donors (Lipinski definition) is 1. The largest absolute Gasteiger partial charge is 0.322 e. The third kappa shape index (κ3) is 3.60. The fourth-order valence-electron chi connectivity index (χ4n) is 2.25. The van der Waals surface area contributed by atoms with E-state index in [0.717, 1.165) is 17.8 Å². The van der Waals surface area contributed by atoms with E-state index in [9.17, 15) is 4.79 Å². The number of benzene rings is 2. The number of carbonyl (C=O) groups excluding carboxylic acids is 1. The number of nitrogens with zero attached hydrogens (tertiary/aromatic N) is 2. The quantitative estimate of drug-likeness (QED) is 0.775. The van der Waals surface area contributed by atoms with Gasteiger partial charge in [-0.05, 0) is 48.4 Å². The Morgan fingerprint density at radius 1 is 1.22 bits per heavy atom. The fraction of sp³-hybridized carbons (Fsp3) is 0.111. The molecule has 0 saturated heterocycles. The number of halogens is 1. The molecule has 4 nitrogen and oxygen atoms in total. The molecule has 1 aromatic heterocycles. The summed E-state index contributed by atoms with van der Waals surface area (Å²) in [5.41, 5.74) is 3.32. The van der Waals surface area contributed by atoms with Crippen LogP contribution in [-0.4, -0.2) is 15.7 Å². The predicted octanol–water partition coefficient (Wildman–Crippen LogP) is 4.34. The highest BCUT2D eigenvalue weighted by Gasteiger charge is 2.10. The van der Waals surface area contributed by atoms with Gasteiger partial charge >= 0.3 is 0 Å². The molecule has 0 saturated carbocycles. The van der Waals surface area contributed by atoms with Gasteiger partial charge in [-0.25, -0.2) is 4.68 Å². The minimum absolute atomic E-state index is 0.182. The summed E-state index contributed by atoms with van der Waals surface area (Å²) in [4.78, 5) is 12.3. The lowest BCUT2D eigenvalue weighted by atomic mass is 10.1. The second kappa shape index (κ2) is 6.67. The SMILES string of the molecule is CCc1cccc(NC(=O)c2cnn(-c3ccc(Cl)cc3)c2)c1. The summed E-state index contributed by atoms with van der Waals surface area (Å²) >= 11 is 5.88. The highest BCUT2D eigenvalue weighted by molar-refractivity contribution is 6.30. The van der Waals surface area contributed by atoms with Crippen LogP contribution in [0.2, 0.25) is 5.02 Å². The van der Waals surface area contributed by atoms with Crippen LogP contribution in [0, 0.1) is 0 Å². The number of hydrogen-bond acceptors (Lipinski definition) is 2. The Hall–Kier alpha value is -2.59. The highest BCUT2D eigenvalue weighted by Crippen LogP contribution is 2.15. The van der Waals surface area contributed by atoms with Gasteiger partial charge in [0.2, 0.25) is 0 Å². The number of rotatable bonds is 4. The van der Waals surface area contributed by atoms with Crippen molar-refractivity contribution in [3.63, 3.8) is 0 Å². The third-order valence-corrected chi connectivity index (χ3v) is 3.78. The molecule has 0 atom stereocenters. The Bertz CT molecular complexity index is 824. The van der Waals surface area contributed by atoms with Gasteiger partial charge < -0.3 is 5.32 Å². The van der Waals surface area contributed by atoms with Crippen molar-refractivity contribution in [2.75, 3.05) is 5.32 Å². The lowest BCUT2D eigenvalue weighted by Gasteiger charge is -2.05. The van der Waals surface area contributed by atoms with Crippen LogP contribution in [0.4, 0.5) is 5.69 Å². The Balaban J connectivity index is 1.76. The van der Waals surface area contributed by atoms with E-state index < -0.39 is 0 Å². The van der Waals surface area contributed by atoms with E-state index in [0.29, 0.717) is 10.6 Å². The van der Waals surface area contributed by atoms with Gasteiger partial charge in [0.1, 0.15) is 0 Å². The van der Waals surface area contributed by atoms with Crippen molar-refractivity contribution < 1.29 is 4.79 Å². The Morgan fingerprint density at radius 2 is 2.00 bits per heavy atom. The predicted molar refractivity (Wildman–Crippen MR) is 92.3 cm³/mol. The molecule has 0 spiro atoms. The molecule has 5 heteroatoms. The van der Waals surface area contributed by atoms with E-state index in [1.165, 1.54) is 5.56 Å². The van der Waals surface area contributed by atoms with Gasteiger partial charge in [0, 0.05) is 16.9 Å². The average molecular weight is 326 g/mol. The van der Waals surface area contributed by atoms with Crippen LogP contribution in [-0.2, 0) is 6.42 Å². The summed E-state index contributed by atoms with van der Waals surface area (Å²) in [5, 5.41) is 7.78. The number of amides is 1. The molecule has 0 aliphatic heterocycles. The average Bonchev–Trinajstić information content (AvgIpc) is 3.06. The van der Waals surface area contributed by atoms with Crippen LogP contribution in [0.5, 0.6) is 0 Å². The summed E-state index contributed by atoms with van der Waals surface area (Å²) in [6.45, 7) is 2.08. The second-order valence-electron chi connectivity index (χ2n) is 5.16. The monoisotopic (exact) mass is 325 g/mol. The zero-order valence-corrected chi connectivity index (χ0v) is 13.4. The lowest BCUT2D eigenvalue weighted by Crippen LogP contribution is -2.11. The van der Waals surface area contributed by atoms with Crippen LogP contribution in [0.25, 0.3) is 5.69 Å².